The van der Waals surface area contributed by atoms with E-state index in [1.807, 2.05) is 49.4 Å². The average molecular weight is 448 g/mol. The molecule has 7 nitrogen and oxygen atoms in total. The van der Waals surface area contributed by atoms with E-state index >= 15 is 0 Å². The zero-order valence-electron chi connectivity index (χ0n) is 19.8. The van der Waals surface area contributed by atoms with Gasteiger partial charge in [0.25, 0.3) is 0 Å². The molecule has 33 heavy (non-hydrogen) atoms. The second-order valence-corrected chi connectivity index (χ2v) is 9.39. The standard InChI is InChI=1S/C26H33N5O2/c1-20(2)29-14-16-30(17-15-29)23-11-7-8-21(18-27)24(23)28-25(32)31-13-12-26(3,19-31)33-22-9-5-4-6-10-22/h4-11,20H,12-17,19H2,1-3H3,(H,28,32)/t26-/m1/s1. The van der Waals surface area contributed by atoms with Crippen LogP contribution < -0.4 is 15.0 Å². The topological polar surface area (TPSA) is 71.8 Å². The average Bonchev–Trinajstić information content (AvgIpc) is 3.21. The number of para-hydroxylation sites is 2. The number of nitrogens with zero attached hydrogens (tertiary/aromatic N) is 4. The van der Waals surface area contributed by atoms with Gasteiger partial charge in [0.05, 0.1) is 23.5 Å². The van der Waals surface area contributed by atoms with Crippen molar-refractivity contribution in [2.75, 3.05) is 49.5 Å². The Kier molecular flexibility index (Phi) is 6.75. The van der Waals surface area contributed by atoms with Gasteiger partial charge in [-0.2, -0.15) is 5.26 Å². The fourth-order valence-corrected chi connectivity index (χ4v) is 4.66. The van der Waals surface area contributed by atoms with E-state index in [4.69, 9.17) is 4.74 Å². The summed E-state index contributed by atoms with van der Waals surface area (Å²) in [5, 5.41) is 12.8. The highest BCUT2D eigenvalue weighted by Gasteiger charge is 2.38. The van der Waals surface area contributed by atoms with Gasteiger partial charge in [-0.25, -0.2) is 4.79 Å². The molecule has 2 amide bonds. The number of anilines is 2. The molecule has 0 bridgehead atoms. The lowest BCUT2D eigenvalue weighted by Crippen LogP contribution is -2.49. The van der Waals surface area contributed by atoms with Crippen molar-refractivity contribution in [1.29, 1.82) is 5.26 Å². The summed E-state index contributed by atoms with van der Waals surface area (Å²) in [6.45, 7) is 11.2. The fourth-order valence-electron chi connectivity index (χ4n) is 4.66. The van der Waals surface area contributed by atoms with Crippen molar-refractivity contribution in [3.05, 3.63) is 54.1 Å². The molecule has 4 rings (SSSR count). The summed E-state index contributed by atoms with van der Waals surface area (Å²) in [5.74, 6) is 0.805. The number of hydrogen-bond donors (Lipinski definition) is 1. The number of hydrogen-bond acceptors (Lipinski definition) is 5. The fraction of sp³-hybridized carbons (Fsp3) is 0.462. The summed E-state index contributed by atoms with van der Waals surface area (Å²) in [6.07, 6.45) is 0.749. The summed E-state index contributed by atoms with van der Waals surface area (Å²) in [6, 6.07) is 17.9. The number of carbonyl (C=O) groups excluding carboxylic acids is 1. The third-order valence-electron chi connectivity index (χ3n) is 6.61. The van der Waals surface area contributed by atoms with Crippen LogP contribution in [0.1, 0.15) is 32.8 Å². The van der Waals surface area contributed by atoms with E-state index < -0.39 is 5.60 Å². The Morgan fingerprint density at radius 1 is 1.06 bits per heavy atom. The van der Waals surface area contributed by atoms with E-state index in [0.29, 0.717) is 30.4 Å². The van der Waals surface area contributed by atoms with E-state index in [0.717, 1.165) is 44.0 Å². The number of nitriles is 1. The first-order chi connectivity index (χ1) is 15.9. The number of ether oxygens (including phenoxy) is 1. The summed E-state index contributed by atoms with van der Waals surface area (Å²) < 4.78 is 6.20. The molecular formula is C26H33N5O2. The van der Waals surface area contributed by atoms with E-state index in [1.54, 1.807) is 11.0 Å². The van der Waals surface area contributed by atoms with Gasteiger partial charge in [0, 0.05) is 45.2 Å². The molecule has 2 aliphatic rings. The van der Waals surface area contributed by atoms with Crippen molar-refractivity contribution in [2.24, 2.45) is 0 Å². The largest absolute Gasteiger partial charge is 0.486 e. The molecule has 1 atom stereocenters. The van der Waals surface area contributed by atoms with Crippen LogP contribution in [0.15, 0.2) is 48.5 Å². The molecule has 0 spiro atoms. The summed E-state index contributed by atoms with van der Waals surface area (Å²) in [4.78, 5) is 19.7. The molecule has 2 aliphatic heterocycles. The zero-order chi connectivity index (χ0) is 23.4. The lowest BCUT2D eigenvalue weighted by atomic mass is 10.1. The molecule has 174 valence electrons. The van der Waals surface area contributed by atoms with Crippen LogP contribution in [0.3, 0.4) is 0 Å². The Hall–Kier alpha value is -3.24. The lowest BCUT2D eigenvalue weighted by molar-refractivity contribution is 0.100. The van der Waals surface area contributed by atoms with E-state index in [1.165, 1.54) is 0 Å². The number of benzene rings is 2. The highest BCUT2D eigenvalue weighted by Crippen LogP contribution is 2.32. The third kappa shape index (κ3) is 5.23. The second-order valence-electron chi connectivity index (χ2n) is 9.39. The maximum Gasteiger partial charge on any atom is 0.322 e. The number of urea groups is 1. The number of likely N-dealkylation sites (tertiary alicyclic amines) is 1. The third-order valence-corrected chi connectivity index (χ3v) is 6.61. The van der Waals surface area contributed by atoms with E-state index in [-0.39, 0.29) is 6.03 Å². The predicted molar refractivity (Wildman–Crippen MR) is 131 cm³/mol. The van der Waals surface area contributed by atoms with Gasteiger partial charge in [-0.05, 0) is 45.0 Å². The first-order valence-electron chi connectivity index (χ1n) is 11.7. The minimum Gasteiger partial charge on any atom is -0.486 e. The maximum atomic E-state index is 13.2. The predicted octanol–water partition coefficient (Wildman–Crippen LogP) is 4.16. The van der Waals surface area contributed by atoms with Crippen molar-refractivity contribution in [1.82, 2.24) is 9.80 Å². The minimum atomic E-state index is -0.441. The van der Waals surface area contributed by atoms with Crippen LogP contribution in [0.2, 0.25) is 0 Å². The van der Waals surface area contributed by atoms with Gasteiger partial charge >= 0.3 is 6.03 Å². The highest BCUT2D eigenvalue weighted by molar-refractivity contribution is 5.95. The van der Waals surface area contributed by atoms with Crippen LogP contribution in [-0.2, 0) is 0 Å². The van der Waals surface area contributed by atoms with Crippen molar-refractivity contribution in [3.63, 3.8) is 0 Å². The van der Waals surface area contributed by atoms with Crippen LogP contribution in [0.4, 0.5) is 16.2 Å². The van der Waals surface area contributed by atoms with Gasteiger partial charge in [0.2, 0.25) is 0 Å². The second kappa shape index (κ2) is 9.72. The molecule has 0 unspecified atom stereocenters. The van der Waals surface area contributed by atoms with Crippen molar-refractivity contribution >= 4 is 17.4 Å². The number of carbonyl (C=O) groups is 1. The number of amides is 2. The Labute approximate surface area is 196 Å². The summed E-state index contributed by atoms with van der Waals surface area (Å²) >= 11 is 0. The molecule has 0 radical (unpaired) electrons. The van der Waals surface area contributed by atoms with Crippen molar-refractivity contribution in [3.8, 4) is 11.8 Å². The van der Waals surface area contributed by atoms with Crippen LogP contribution in [0.25, 0.3) is 0 Å². The molecule has 7 heteroatoms. The number of rotatable bonds is 5. The van der Waals surface area contributed by atoms with Crippen LogP contribution >= 0.6 is 0 Å². The Morgan fingerprint density at radius 2 is 1.79 bits per heavy atom. The molecule has 2 heterocycles. The quantitative estimate of drug-likeness (QED) is 0.745. The van der Waals surface area contributed by atoms with E-state index in [2.05, 4.69) is 35.0 Å². The molecular weight excluding hydrogens is 414 g/mol. The van der Waals surface area contributed by atoms with Gasteiger partial charge in [0.15, 0.2) is 0 Å². The molecule has 2 aromatic carbocycles. The van der Waals surface area contributed by atoms with Gasteiger partial charge in [-0.15, -0.1) is 0 Å². The smallest absolute Gasteiger partial charge is 0.322 e. The number of nitrogens with one attached hydrogen (secondary N) is 1. The molecule has 2 saturated heterocycles. The van der Waals surface area contributed by atoms with Gasteiger partial charge in [0.1, 0.15) is 17.4 Å². The molecule has 0 aromatic heterocycles. The molecule has 2 aromatic rings. The van der Waals surface area contributed by atoms with Gasteiger partial charge in [-0.3, -0.25) is 4.90 Å². The van der Waals surface area contributed by atoms with Crippen molar-refractivity contribution < 1.29 is 9.53 Å². The van der Waals surface area contributed by atoms with Gasteiger partial charge in [-0.1, -0.05) is 24.3 Å². The monoisotopic (exact) mass is 447 g/mol. The first-order valence-corrected chi connectivity index (χ1v) is 11.7. The Bertz CT molecular complexity index is 1010. The van der Waals surface area contributed by atoms with Crippen LogP contribution in [-0.4, -0.2) is 66.7 Å². The molecule has 0 aliphatic carbocycles. The minimum absolute atomic E-state index is 0.194. The maximum absolute atomic E-state index is 13.2. The Morgan fingerprint density at radius 3 is 2.45 bits per heavy atom. The normalized spacial score (nSPS) is 21.2. The lowest BCUT2D eigenvalue weighted by Gasteiger charge is -2.39. The van der Waals surface area contributed by atoms with Gasteiger partial charge < -0.3 is 19.9 Å². The highest BCUT2D eigenvalue weighted by atomic mass is 16.5. The van der Waals surface area contributed by atoms with E-state index in [9.17, 15) is 10.1 Å². The molecule has 0 saturated carbocycles. The first kappa shape index (κ1) is 22.9. The van der Waals surface area contributed by atoms with Crippen LogP contribution in [0.5, 0.6) is 5.75 Å². The zero-order valence-corrected chi connectivity index (χ0v) is 19.8. The summed E-state index contributed by atoms with van der Waals surface area (Å²) in [5.41, 5.74) is 1.55. The summed E-state index contributed by atoms with van der Waals surface area (Å²) in [7, 11) is 0. The van der Waals surface area contributed by atoms with Crippen LogP contribution in [0, 0.1) is 11.3 Å². The number of piperazine rings is 1. The SMILES string of the molecule is CC(C)N1CCN(c2cccc(C#N)c2NC(=O)N2CC[C@@](C)(Oc3ccccc3)C2)CC1. The Balaban J connectivity index is 1.46. The molecule has 2 fully saturated rings. The molecule has 1 N–H and O–H groups in total. The van der Waals surface area contributed by atoms with Crippen molar-refractivity contribution in [2.45, 2.75) is 38.8 Å².